The second-order valence-electron chi connectivity index (χ2n) is 13.6. The Morgan fingerprint density at radius 1 is 0.354 bits per heavy atom. The predicted octanol–water partition coefficient (Wildman–Crippen LogP) is 12.5. The lowest BCUT2D eigenvalue weighted by molar-refractivity contribution is 0.694. The van der Waals surface area contributed by atoms with Crippen LogP contribution in [0.3, 0.4) is 0 Å². The lowest BCUT2D eigenvalue weighted by atomic mass is 10.1. The van der Waals surface area contributed by atoms with Gasteiger partial charge in [-0.3, -0.25) is 0 Å². The van der Waals surface area contributed by atoms with Crippen LogP contribution in [0.5, 0.6) is 0 Å². The molecule has 0 N–H and O–H groups in total. The number of hydrogen-bond donors (Lipinski definition) is 0. The van der Waals surface area contributed by atoms with Crippen molar-refractivity contribution in [3.63, 3.8) is 0 Å². The van der Waals surface area contributed by atoms with E-state index in [0.717, 1.165) is 0 Å². The molecule has 0 aliphatic heterocycles. The Kier molecular flexibility index (Phi) is 17.5. The van der Waals surface area contributed by atoms with Gasteiger partial charge in [0.15, 0.2) is 0 Å². The molecule has 48 heavy (non-hydrogen) atoms. The highest BCUT2D eigenvalue weighted by molar-refractivity contribution is 7.89. The molecule has 0 fully saturated rings. The Labute approximate surface area is 298 Å². The zero-order valence-electron chi connectivity index (χ0n) is 31.0. The van der Waals surface area contributed by atoms with E-state index < -0.39 is 15.8 Å². The Morgan fingerprint density at radius 3 is 0.896 bits per heavy atom. The summed E-state index contributed by atoms with van der Waals surface area (Å²) >= 11 is 0. The van der Waals surface area contributed by atoms with Crippen molar-refractivity contribution in [3.05, 3.63) is 119 Å². The third kappa shape index (κ3) is 10.6. The molecule has 0 aliphatic rings. The molecule has 0 atom stereocenters. The lowest BCUT2D eigenvalue weighted by Gasteiger charge is -2.39. The Bertz CT molecular complexity index is 1260. The smallest absolute Gasteiger partial charge is 0.0155 e. The van der Waals surface area contributed by atoms with Crippen LogP contribution in [-0.2, 0) is 25.7 Å². The van der Waals surface area contributed by atoms with Gasteiger partial charge in [0, 0.05) is 5.40 Å². The number of rotatable bonds is 22. The first kappa shape index (κ1) is 38.5. The van der Waals surface area contributed by atoms with Crippen LogP contribution in [0, 0.1) is 0 Å². The van der Waals surface area contributed by atoms with Crippen LogP contribution in [0.4, 0.5) is 0 Å². The van der Waals surface area contributed by atoms with Crippen LogP contribution in [0.1, 0.15) is 134 Å². The molecule has 0 saturated carbocycles. The fourth-order valence-corrected chi connectivity index (χ4v) is 15.2. The van der Waals surface area contributed by atoms with Gasteiger partial charge < -0.3 is 0 Å². The molecule has 258 valence electrons. The van der Waals surface area contributed by atoms with Crippen LogP contribution in [0.25, 0.3) is 0 Å². The van der Waals surface area contributed by atoms with Gasteiger partial charge in [0.2, 0.25) is 0 Å². The minimum Gasteiger partial charge on any atom is -0.0654 e. The van der Waals surface area contributed by atoms with Gasteiger partial charge in [-0.15, -0.1) is 0 Å². The fraction of sp³-hybridized carbons (Fsp3) is 0.478. The first-order valence-corrected chi connectivity index (χ1v) is 22.4. The Balaban J connectivity index is 2.07. The van der Waals surface area contributed by atoms with Crippen molar-refractivity contribution in [1.29, 1.82) is 0 Å². The summed E-state index contributed by atoms with van der Waals surface area (Å²) in [6.45, 7) is 11.8. The molecule has 0 bridgehead atoms. The predicted molar refractivity (Wildman–Crippen MR) is 221 cm³/mol. The van der Waals surface area contributed by atoms with E-state index in [4.69, 9.17) is 0 Å². The van der Waals surface area contributed by atoms with Crippen molar-refractivity contribution in [2.45, 2.75) is 143 Å². The molecule has 0 saturated heterocycles. The van der Waals surface area contributed by atoms with E-state index in [-0.39, 0.29) is 0 Å². The van der Waals surface area contributed by atoms with E-state index >= 15 is 0 Å². The molecule has 0 heterocycles. The summed E-state index contributed by atoms with van der Waals surface area (Å²) in [6.07, 6.45) is 19.9. The van der Waals surface area contributed by atoms with Crippen molar-refractivity contribution >= 4 is 37.1 Å². The molecule has 0 aliphatic carbocycles. The zero-order valence-corrected chi connectivity index (χ0v) is 32.8. The van der Waals surface area contributed by atoms with Crippen LogP contribution in [0.15, 0.2) is 97.1 Å². The maximum Gasteiger partial charge on any atom is 0.0155 e. The Morgan fingerprint density at radius 2 is 0.625 bits per heavy atom. The largest absolute Gasteiger partial charge is 0.0654 e. The molecular formula is C46H64P2. The second kappa shape index (κ2) is 21.7. The summed E-state index contributed by atoms with van der Waals surface area (Å²) in [7, 11) is -1.23. The molecule has 0 spiro atoms. The summed E-state index contributed by atoms with van der Waals surface area (Å²) in [5.74, 6) is 0. The standard InChI is InChI=1S/C46H64P2/c1-6-11-16-37-46(47(42-33-21-17-29-38(42)25-12-7-2)43-34-22-18-30-39(43)26-13-8-3)48(44-35-23-19-31-40(44)27-14-9-4)45-36-24-20-32-41(45)28-15-10-5/h17-24,29-36,46H,6-16,25-28,37H2,1-5H3. The third-order valence-corrected chi connectivity index (χ3v) is 16.8. The van der Waals surface area contributed by atoms with Gasteiger partial charge in [-0.1, -0.05) is 177 Å². The molecule has 0 amide bonds. The average Bonchev–Trinajstić information content (AvgIpc) is 3.13. The summed E-state index contributed by atoms with van der Waals surface area (Å²) in [5.41, 5.74) is 6.41. The fourth-order valence-electron chi connectivity index (χ4n) is 7.15. The monoisotopic (exact) mass is 678 g/mol. The second-order valence-corrected chi connectivity index (χ2v) is 18.7. The van der Waals surface area contributed by atoms with Crippen LogP contribution in [0.2, 0.25) is 0 Å². The van der Waals surface area contributed by atoms with E-state index in [9.17, 15) is 0 Å². The number of benzene rings is 4. The molecule has 0 radical (unpaired) electrons. The topological polar surface area (TPSA) is 0 Å². The Hall–Kier alpha value is -2.26. The van der Waals surface area contributed by atoms with Gasteiger partial charge in [-0.25, -0.2) is 0 Å². The number of unbranched alkanes of at least 4 members (excludes halogenated alkanes) is 6. The molecule has 0 aromatic heterocycles. The van der Waals surface area contributed by atoms with Crippen molar-refractivity contribution in [2.24, 2.45) is 0 Å². The van der Waals surface area contributed by atoms with Gasteiger partial charge in [-0.2, -0.15) is 0 Å². The van der Waals surface area contributed by atoms with E-state index in [1.54, 1.807) is 43.5 Å². The van der Waals surface area contributed by atoms with Crippen LogP contribution >= 0.6 is 15.8 Å². The molecular weight excluding hydrogens is 614 g/mol. The van der Waals surface area contributed by atoms with E-state index in [1.165, 1.54) is 103 Å². The van der Waals surface area contributed by atoms with Gasteiger partial charge in [0.05, 0.1) is 0 Å². The van der Waals surface area contributed by atoms with E-state index in [1.807, 2.05) is 0 Å². The van der Waals surface area contributed by atoms with E-state index in [0.29, 0.717) is 5.40 Å². The van der Waals surface area contributed by atoms with Crippen LogP contribution < -0.4 is 21.2 Å². The highest BCUT2D eigenvalue weighted by Gasteiger charge is 2.36. The summed E-state index contributed by atoms with van der Waals surface area (Å²) in [5, 5.41) is 7.23. The number of hydrogen-bond acceptors (Lipinski definition) is 0. The molecule has 0 nitrogen and oxygen atoms in total. The first-order chi connectivity index (χ1) is 23.7. The summed E-state index contributed by atoms with van der Waals surface area (Å²) in [6, 6.07) is 38.8. The van der Waals surface area contributed by atoms with E-state index in [2.05, 4.69) is 132 Å². The van der Waals surface area contributed by atoms with Gasteiger partial charge in [0.25, 0.3) is 0 Å². The average molecular weight is 679 g/mol. The quantitative estimate of drug-likeness (QED) is 0.0573. The van der Waals surface area contributed by atoms with Crippen molar-refractivity contribution in [2.75, 3.05) is 0 Å². The SMILES string of the molecule is CCCCCC(P(c1ccccc1CCCC)c1ccccc1CCCC)P(c1ccccc1CCCC)c1ccccc1CCCC. The first-order valence-electron chi connectivity index (χ1n) is 19.6. The highest BCUT2D eigenvalue weighted by atomic mass is 31.2. The minimum absolute atomic E-state index is 0.581. The van der Waals surface area contributed by atoms with Crippen molar-refractivity contribution < 1.29 is 0 Å². The molecule has 4 rings (SSSR count). The zero-order chi connectivity index (χ0) is 34.0. The molecule has 4 aromatic rings. The van der Waals surface area contributed by atoms with Crippen LogP contribution in [-0.4, -0.2) is 5.40 Å². The van der Waals surface area contributed by atoms with Gasteiger partial charge in [0.1, 0.15) is 0 Å². The van der Waals surface area contributed by atoms with Crippen molar-refractivity contribution in [3.8, 4) is 0 Å². The minimum atomic E-state index is -0.614. The highest BCUT2D eigenvalue weighted by Crippen LogP contribution is 2.60. The van der Waals surface area contributed by atoms with Crippen molar-refractivity contribution in [1.82, 2.24) is 0 Å². The summed E-state index contributed by atoms with van der Waals surface area (Å²) in [4.78, 5) is 0. The molecule has 4 aromatic carbocycles. The lowest BCUT2D eigenvalue weighted by Crippen LogP contribution is -2.32. The summed E-state index contributed by atoms with van der Waals surface area (Å²) < 4.78 is 0. The normalized spacial score (nSPS) is 11.7. The maximum absolute atomic E-state index is 2.56. The molecule has 0 unspecified atom stereocenters. The molecule has 2 heteroatoms. The number of aryl methyl sites for hydroxylation is 4. The van der Waals surface area contributed by atoms with Gasteiger partial charge >= 0.3 is 0 Å². The maximum atomic E-state index is 2.56. The third-order valence-electron chi connectivity index (χ3n) is 9.87. The van der Waals surface area contributed by atoms with Gasteiger partial charge in [-0.05, 0) is 117 Å².